The van der Waals surface area contributed by atoms with Crippen molar-refractivity contribution in [1.29, 1.82) is 0 Å². The molecule has 1 fully saturated rings. The molecule has 42 valence electrons. The first kappa shape index (κ1) is 5.57. The molecule has 0 spiro atoms. The van der Waals surface area contributed by atoms with Gasteiger partial charge in [0.25, 0.3) is 0 Å². The fourth-order valence-electron chi connectivity index (χ4n) is 0.827. The minimum atomic E-state index is 0.681. The average molecular weight is 164 g/mol. The predicted molar refractivity (Wildman–Crippen MR) is 34.8 cm³/mol. The predicted octanol–water partition coefficient (Wildman–Crippen LogP) is 1.13. The van der Waals surface area contributed by atoms with E-state index in [2.05, 4.69) is 28.2 Å². The topological polar surface area (TPSA) is 12.0 Å². The van der Waals surface area contributed by atoms with Gasteiger partial charge in [-0.25, -0.2) is 0 Å². The monoisotopic (exact) mass is 163 g/mol. The van der Waals surface area contributed by atoms with E-state index in [1.54, 1.807) is 0 Å². The molecule has 1 rings (SSSR count). The number of halogens is 1. The summed E-state index contributed by atoms with van der Waals surface area (Å²) in [4.78, 5) is 0.715. The summed E-state index contributed by atoms with van der Waals surface area (Å²) in [5.41, 5.74) is 0. The molecule has 0 radical (unpaired) electrons. The molecule has 0 aliphatic carbocycles. The third kappa shape index (κ3) is 1.16. The van der Waals surface area contributed by atoms with Crippen LogP contribution in [0.2, 0.25) is 0 Å². The fourth-order valence-corrected chi connectivity index (χ4v) is 1.24. The summed E-state index contributed by atoms with van der Waals surface area (Å²) in [7, 11) is 0. The average Bonchev–Trinajstić information content (AvgIpc) is 1.91. The zero-order valence-corrected chi connectivity index (χ0v) is 6.03. The molecule has 2 atom stereocenters. The normalized spacial score (nSPS) is 42.0. The first-order valence-electron chi connectivity index (χ1n) is 2.68. The lowest BCUT2D eigenvalue weighted by atomic mass is 10.3. The standard InChI is InChI=1S/C5H10BrN/c1-4-5(6)2-3-7-4/h4-5,7H,2-3H2,1H3. The second-order valence-corrected chi connectivity index (χ2v) is 3.22. The minimum absolute atomic E-state index is 0.681. The molecule has 1 heterocycles. The van der Waals surface area contributed by atoms with Crippen LogP contribution in [0, 0.1) is 0 Å². The molecule has 1 N–H and O–H groups in total. The molecule has 0 aromatic carbocycles. The molecule has 0 saturated carbocycles. The summed E-state index contributed by atoms with van der Waals surface area (Å²) in [5.74, 6) is 0. The van der Waals surface area contributed by atoms with Gasteiger partial charge in [-0.2, -0.15) is 0 Å². The van der Waals surface area contributed by atoms with Crippen LogP contribution in [-0.4, -0.2) is 17.4 Å². The summed E-state index contributed by atoms with van der Waals surface area (Å²) >= 11 is 3.54. The molecule has 0 aromatic rings. The van der Waals surface area contributed by atoms with Crippen LogP contribution < -0.4 is 5.32 Å². The molecule has 0 bridgehead atoms. The molecule has 0 amide bonds. The van der Waals surface area contributed by atoms with Gasteiger partial charge in [0.1, 0.15) is 0 Å². The van der Waals surface area contributed by atoms with E-state index in [4.69, 9.17) is 0 Å². The van der Waals surface area contributed by atoms with Gasteiger partial charge in [-0.15, -0.1) is 0 Å². The molecule has 1 nitrogen and oxygen atoms in total. The van der Waals surface area contributed by atoms with Crippen LogP contribution in [0.4, 0.5) is 0 Å². The first-order chi connectivity index (χ1) is 3.30. The van der Waals surface area contributed by atoms with Crippen molar-refractivity contribution in [2.75, 3.05) is 6.54 Å². The SMILES string of the molecule is CC1NCCC1Br. The van der Waals surface area contributed by atoms with E-state index in [9.17, 15) is 0 Å². The van der Waals surface area contributed by atoms with Crippen molar-refractivity contribution < 1.29 is 0 Å². The maximum Gasteiger partial charge on any atom is 0.0308 e. The molecule has 0 aromatic heterocycles. The van der Waals surface area contributed by atoms with E-state index < -0.39 is 0 Å². The Balaban J connectivity index is 2.33. The molecular formula is C5H10BrN. The Morgan fingerprint density at radius 2 is 2.43 bits per heavy atom. The highest BCUT2D eigenvalue weighted by atomic mass is 79.9. The smallest absolute Gasteiger partial charge is 0.0308 e. The Morgan fingerprint density at radius 1 is 1.71 bits per heavy atom. The van der Waals surface area contributed by atoms with Crippen molar-refractivity contribution in [2.45, 2.75) is 24.2 Å². The van der Waals surface area contributed by atoms with E-state index in [1.807, 2.05) is 0 Å². The molecule has 1 aliphatic heterocycles. The highest BCUT2D eigenvalue weighted by molar-refractivity contribution is 9.09. The second kappa shape index (κ2) is 2.14. The Morgan fingerprint density at radius 3 is 2.57 bits per heavy atom. The van der Waals surface area contributed by atoms with E-state index in [1.165, 1.54) is 13.0 Å². The van der Waals surface area contributed by atoms with Gasteiger partial charge in [-0.1, -0.05) is 15.9 Å². The minimum Gasteiger partial charge on any atom is -0.313 e. The van der Waals surface area contributed by atoms with Crippen LogP contribution >= 0.6 is 15.9 Å². The summed E-state index contributed by atoms with van der Waals surface area (Å²) in [6, 6.07) is 0.681. The van der Waals surface area contributed by atoms with Crippen molar-refractivity contribution in [2.24, 2.45) is 0 Å². The van der Waals surface area contributed by atoms with Crippen LogP contribution in [-0.2, 0) is 0 Å². The van der Waals surface area contributed by atoms with Gasteiger partial charge >= 0.3 is 0 Å². The quantitative estimate of drug-likeness (QED) is 0.529. The number of alkyl halides is 1. The lowest BCUT2D eigenvalue weighted by molar-refractivity contribution is 0.678. The van der Waals surface area contributed by atoms with Crippen molar-refractivity contribution in [1.82, 2.24) is 5.32 Å². The van der Waals surface area contributed by atoms with E-state index >= 15 is 0 Å². The number of hydrogen-bond donors (Lipinski definition) is 1. The number of rotatable bonds is 0. The lowest BCUT2D eigenvalue weighted by Crippen LogP contribution is -2.22. The molecule has 7 heavy (non-hydrogen) atoms. The highest BCUT2D eigenvalue weighted by Gasteiger charge is 2.18. The van der Waals surface area contributed by atoms with Crippen molar-refractivity contribution in [3.8, 4) is 0 Å². The number of nitrogens with one attached hydrogen (secondary N) is 1. The molecule has 2 unspecified atom stereocenters. The van der Waals surface area contributed by atoms with E-state index in [0.29, 0.717) is 10.9 Å². The van der Waals surface area contributed by atoms with Gasteiger partial charge in [-0.3, -0.25) is 0 Å². The van der Waals surface area contributed by atoms with Gasteiger partial charge < -0.3 is 5.32 Å². The maximum atomic E-state index is 3.54. The number of hydrogen-bond acceptors (Lipinski definition) is 1. The summed E-state index contributed by atoms with van der Waals surface area (Å²) in [6.45, 7) is 3.38. The van der Waals surface area contributed by atoms with Crippen LogP contribution in [0.3, 0.4) is 0 Å². The van der Waals surface area contributed by atoms with Crippen LogP contribution in [0.15, 0.2) is 0 Å². The van der Waals surface area contributed by atoms with Crippen molar-refractivity contribution >= 4 is 15.9 Å². The van der Waals surface area contributed by atoms with Gasteiger partial charge in [-0.05, 0) is 19.9 Å². The van der Waals surface area contributed by atoms with Crippen molar-refractivity contribution in [3.63, 3.8) is 0 Å². The Hall–Kier alpha value is 0.440. The van der Waals surface area contributed by atoms with E-state index in [-0.39, 0.29) is 0 Å². The maximum absolute atomic E-state index is 3.54. The van der Waals surface area contributed by atoms with Gasteiger partial charge in [0.05, 0.1) is 0 Å². The summed E-state index contributed by atoms with van der Waals surface area (Å²) in [5, 5.41) is 3.32. The van der Waals surface area contributed by atoms with E-state index in [0.717, 1.165) is 0 Å². The third-order valence-electron chi connectivity index (χ3n) is 1.43. The molecule has 1 aliphatic rings. The van der Waals surface area contributed by atoms with Crippen LogP contribution in [0.5, 0.6) is 0 Å². The van der Waals surface area contributed by atoms with Gasteiger partial charge in [0, 0.05) is 10.9 Å². The zero-order chi connectivity index (χ0) is 5.28. The van der Waals surface area contributed by atoms with Crippen LogP contribution in [0.1, 0.15) is 13.3 Å². The third-order valence-corrected chi connectivity index (χ3v) is 2.68. The van der Waals surface area contributed by atoms with Crippen molar-refractivity contribution in [3.05, 3.63) is 0 Å². The lowest BCUT2D eigenvalue weighted by Gasteiger charge is -2.03. The Kier molecular flexibility index (Phi) is 1.70. The summed E-state index contributed by atoms with van der Waals surface area (Å²) in [6.07, 6.45) is 1.28. The van der Waals surface area contributed by atoms with Gasteiger partial charge in [0.2, 0.25) is 0 Å². The Labute approximate surface area is 52.6 Å². The molecular weight excluding hydrogens is 154 g/mol. The van der Waals surface area contributed by atoms with Crippen LogP contribution in [0.25, 0.3) is 0 Å². The zero-order valence-electron chi connectivity index (χ0n) is 4.45. The fraction of sp³-hybridized carbons (Fsp3) is 1.00. The second-order valence-electron chi connectivity index (χ2n) is 2.05. The Bertz CT molecular complexity index is 57.1. The summed E-state index contributed by atoms with van der Waals surface area (Å²) < 4.78 is 0. The molecule has 1 saturated heterocycles. The van der Waals surface area contributed by atoms with Gasteiger partial charge in [0.15, 0.2) is 0 Å². The largest absolute Gasteiger partial charge is 0.313 e. The first-order valence-corrected chi connectivity index (χ1v) is 3.60. The highest BCUT2D eigenvalue weighted by Crippen LogP contribution is 2.14. The molecule has 2 heteroatoms.